The second kappa shape index (κ2) is 13.9. The molecule has 22 heavy (non-hydrogen) atoms. The Hall–Kier alpha value is -0.720. The standard InChI is InChI=1S/C21H41N/c1-18(2)20(5)16-14-12-10-8-7-9-11-13-15-17-22-21(6)19(3)4/h18-19,22H,5-17H2,1-4H3. The molecule has 0 saturated heterocycles. The van der Waals surface area contributed by atoms with Crippen molar-refractivity contribution in [3.05, 3.63) is 24.4 Å². The van der Waals surface area contributed by atoms with Gasteiger partial charge in [0.2, 0.25) is 0 Å². The van der Waals surface area contributed by atoms with Crippen molar-refractivity contribution in [1.82, 2.24) is 5.32 Å². The second-order valence-electron chi connectivity index (χ2n) is 7.35. The lowest BCUT2D eigenvalue weighted by atomic mass is 9.98. The van der Waals surface area contributed by atoms with E-state index in [1.54, 1.807) is 0 Å². The number of rotatable bonds is 15. The number of allylic oxidation sites excluding steroid dienone is 2. The lowest BCUT2D eigenvalue weighted by Crippen LogP contribution is -2.17. The topological polar surface area (TPSA) is 12.0 Å². The normalized spacial score (nSPS) is 11.2. The average Bonchev–Trinajstić information content (AvgIpc) is 2.47. The molecule has 0 aromatic heterocycles. The van der Waals surface area contributed by atoms with E-state index in [4.69, 9.17) is 0 Å². The third-order valence-electron chi connectivity index (χ3n) is 4.54. The van der Waals surface area contributed by atoms with Crippen LogP contribution in [0.4, 0.5) is 0 Å². The van der Waals surface area contributed by atoms with E-state index < -0.39 is 0 Å². The predicted molar refractivity (Wildman–Crippen MR) is 102 cm³/mol. The van der Waals surface area contributed by atoms with Crippen molar-refractivity contribution in [2.75, 3.05) is 6.54 Å². The molecule has 0 aromatic carbocycles. The van der Waals surface area contributed by atoms with Gasteiger partial charge >= 0.3 is 0 Å². The molecule has 0 aliphatic carbocycles. The first-order valence-corrected chi connectivity index (χ1v) is 9.55. The number of hydrogen-bond donors (Lipinski definition) is 1. The van der Waals surface area contributed by atoms with Crippen LogP contribution < -0.4 is 5.32 Å². The largest absolute Gasteiger partial charge is 0.389 e. The molecule has 0 aromatic rings. The van der Waals surface area contributed by atoms with Crippen molar-refractivity contribution < 1.29 is 0 Å². The van der Waals surface area contributed by atoms with E-state index in [2.05, 4.69) is 46.2 Å². The minimum atomic E-state index is 0.553. The lowest BCUT2D eigenvalue weighted by Gasteiger charge is -2.12. The van der Waals surface area contributed by atoms with Crippen LogP contribution in [-0.4, -0.2) is 6.54 Å². The Morgan fingerprint density at radius 1 is 0.682 bits per heavy atom. The molecule has 0 rings (SSSR count). The Kier molecular flexibility index (Phi) is 13.5. The molecule has 0 radical (unpaired) electrons. The van der Waals surface area contributed by atoms with Crippen LogP contribution in [0.3, 0.4) is 0 Å². The van der Waals surface area contributed by atoms with Gasteiger partial charge in [-0.1, -0.05) is 91.4 Å². The molecule has 0 unspecified atom stereocenters. The van der Waals surface area contributed by atoms with Gasteiger partial charge in [0, 0.05) is 12.2 Å². The van der Waals surface area contributed by atoms with E-state index in [-0.39, 0.29) is 0 Å². The highest BCUT2D eigenvalue weighted by Gasteiger charge is 2.00. The zero-order valence-electron chi connectivity index (χ0n) is 15.8. The van der Waals surface area contributed by atoms with Crippen LogP contribution in [0.2, 0.25) is 0 Å². The fourth-order valence-electron chi connectivity index (χ4n) is 2.46. The van der Waals surface area contributed by atoms with Gasteiger partial charge in [-0.25, -0.2) is 0 Å². The smallest absolute Gasteiger partial charge is 0.0143 e. The molecule has 130 valence electrons. The van der Waals surface area contributed by atoms with Crippen molar-refractivity contribution in [2.45, 2.75) is 91.9 Å². The molecule has 1 nitrogen and oxygen atoms in total. The SMILES string of the molecule is C=C(CCCCCCCCCCCNC(=C)C(C)C)C(C)C. The van der Waals surface area contributed by atoms with Crippen LogP contribution in [-0.2, 0) is 0 Å². The van der Waals surface area contributed by atoms with E-state index >= 15 is 0 Å². The molecule has 1 heteroatoms. The number of hydrogen-bond acceptors (Lipinski definition) is 1. The summed E-state index contributed by atoms with van der Waals surface area (Å²) in [5, 5.41) is 3.42. The van der Waals surface area contributed by atoms with Crippen molar-refractivity contribution in [2.24, 2.45) is 11.8 Å². The summed E-state index contributed by atoms with van der Waals surface area (Å²) in [6.07, 6.45) is 13.6. The molecule has 0 fully saturated rings. The molecular formula is C21H41N. The van der Waals surface area contributed by atoms with Gasteiger partial charge in [-0.05, 0) is 31.1 Å². The quantitative estimate of drug-likeness (QED) is 0.257. The van der Waals surface area contributed by atoms with Crippen molar-refractivity contribution in [3.8, 4) is 0 Å². The highest BCUT2D eigenvalue weighted by molar-refractivity contribution is 4.96. The monoisotopic (exact) mass is 307 g/mol. The van der Waals surface area contributed by atoms with Gasteiger partial charge in [-0.15, -0.1) is 0 Å². The van der Waals surface area contributed by atoms with Gasteiger partial charge in [0.05, 0.1) is 0 Å². The maximum atomic E-state index is 4.15. The number of nitrogens with one attached hydrogen (secondary N) is 1. The van der Waals surface area contributed by atoms with Crippen LogP contribution in [0.5, 0.6) is 0 Å². The van der Waals surface area contributed by atoms with Gasteiger partial charge in [0.15, 0.2) is 0 Å². The van der Waals surface area contributed by atoms with E-state index in [0.29, 0.717) is 11.8 Å². The third-order valence-corrected chi connectivity index (χ3v) is 4.54. The van der Waals surface area contributed by atoms with Gasteiger partial charge in [0.1, 0.15) is 0 Å². The Balaban J connectivity index is 3.18. The van der Waals surface area contributed by atoms with Crippen LogP contribution >= 0.6 is 0 Å². The summed E-state index contributed by atoms with van der Waals surface area (Å²) in [7, 11) is 0. The molecule has 1 N–H and O–H groups in total. The summed E-state index contributed by atoms with van der Waals surface area (Å²) in [6.45, 7) is 18.2. The summed E-state index contributed by atoms with van der Waals surface area (Å²) in [6, 6.07) is 0. The molecule has 0 aliphatic heterocycles. The molecule has 0 aliphatic rings. The molecule has 0 atom stereocenters. The van der Waals surface area contributed by atoms with Gasteiger partial charge < -0.3 is 5.32 Å². The van der Waals surface area contributed by atoms with Crippen LogP contribution in [0.25, 0.3) is 0 Å². The number of unbranched alkanes of at least 4 members (excludes halogenated alkanes) is 8. The maximum absolute atomic E-state index is 4.15. The second-order valence-corrected chi connectivity index (χ2v) is 7.35. The Labute approximate surface area is 140 Å². The summed E-state index contributed by atoms with van der Waals surface area (Å²) in [4.78, 5) is 0. The molecule has 0 saturated carbocycles. The summed E-state index contributed by atoms with van der Waals surface area (Å²) in [5.41, 5.74) is 2.61. The molecular weight excluding hydrogens is 266 g/mol. The van der Waals surface area contributed by atoms with E-state index in [1.165, 1.54) is 75.5 Å². The van der Waals surface area contributed by atoms with E-state index in [0.717, 1.165) is 6.54 Å². The first-order valence-electron chi connectivity index (χ1n) is 9.55. The average molecular weight is 308 g/mol. The van der Waals surface area contributed by atoms with Gasteiger partial charge in [-0.2, -0.15) is 0 Å². The van der Waals surface area contributed by atoms with E-state index in [1.807, 2.05) is 0 Å². The summed E-state index contributed by atoms with van der Waals surface area (Å²) < 4.78 is 0. The van der Waals surface area contributed by atoms with Crippen LogP contribution in [0.15, 0.2) is 24.4 Å². The zero-order valence-corrected chi connectivity index (χ0v) is 15.8. The van der Waals surface area contributed by atoms with Gasteiger partial charge in [-0.3, -0.25) is 0 Å². The first kappa shape index (κ1) is 21.3. The Morgan fingerprint density at radius 3 is 1.59 bits per heavy atom. The van der Waals surface area contributed by atoms with Gasteiger partial charge in [0.25, 0.3) is 0 Å². The molecule has 0 spiro atoms. The molecule has 0 bridgehead atoms. The zero-order chi connectivity index (χ0) is 16.8. The van der Waals surface area contributed by atoms with E-state index in [9.17, 15) is 0 Å². The summed E-state index contributed by atoms with van der Waals surface area (Å²) in [5.74, 6) is 1.21. The minimum absolute atomic E-state index is 0.553. The molecule has 0 heterocycles. The fourth-order valence-corrected chi connectivity index (χ4v) is 2.46. The third kappa shape index (κ3) is 13.0. The van der Waals surface area contributed by atoms with Crippen LogP contribution in [0.1, 0.15) is 91.9 Å². The Morgan fingerprint density at radius 2 is 1.14 bits per heavy atom. The van der Waals surface area contributed by atoms with Crippen molar-refractivity contribution >= 4 is 0 Å². The Bertz CT molecular complexity index is 258. The van der Waals surface area contributed by atoms with Crippen LogP contribution in [0, 0.1) is 11.8 Å². The first-order chi connectivity index (χ1) is 10.4. The highest BCUT2D eigenvalue weighted by atomic mass is 14.9. The molecule has 0 amide bonds. The van der Waals surface area contributed by atoms with Crippen molar-refractivity contribution in [3.63, 3.8) is 0 Å². The fraction of sp³-hybridized carbons (Fsp3) is 0.810. The lowest BCUT2D eigenvalue weighted by molar-refractivity contribution is 0.544. The predicted octanol–water partition coefficient (Wildman–Crippen LogP) is 6.86. The minimum Gasteiger partial charge on any atom is -0.389 e. The van der Waals surface area contributed by atoms with Crippen molar-refractivity contribution in [1.29, 1.82) is 0 Å². The summed E-state index contributed by atoms with van der Waals surface area (Å²) >= 11 is 0. The highest BCUT2D eigenvalue weighted by Crippen LogP contribution is 2.16. The maximum Gasteiger partial charge on any atom is 0.0143 e.